The maximum absolute atomic E-state index is 12.5. The molecule has 1 heterocycles. The lowest BCUT2D eigenvalue weighted by Gasteiger charge is -2.36. The summed E-state index contributed by atoms with van der Waals surface area (Å²) in [4.78, 5) is 26.6. The highest BCUT2D eigenvalue weighted by Gasteiger charge is 2.40. The summed E-state index contributed by atoms with van der Waals surface area (Å²) < 4.78 is 0. The van der Waals surface area contributed by atoms with Crippen LogP contribution in [-0.2, 0) is 9.59 Å². The molecule has 0 spiro atoms. The molecule has 2 amide bonds. The number of allylic oxidation sites excluding steroid dienone is 1. The zero-order valence-corrected chi connectivity index (χ0v) is 13.9. The third-order valence-corrected chi connectivity index (χ3v) is 6.56. The molecule has 4 heteroatoms. The van der Waals surface area contributed by atoms with Crippen LogP contribution in [0.1, 0.15) is 57.8 Å². The monoisotopic (exact) mass is 316 g/mol. The van der Waals surface area contributed by atoms with Gasteiger partial charge in [-0.05, 0) is 62.7 Å². The van der Waals surface area contributed by atoms with Crippen molar-refractivity contribution < 1.29 is 9.59 Å². The number of carbonyl (C=O) groups excluding carboxylic acids is 2. The van der Waals surface area contributed by atoms with Crippen LogP contribution < -0.4 is 5.32 Å². The smallest absolute Gasteiger partial charge is 0.232 e. The van der Waals surface area contributed by atoms with Gasteiger partial charge in [-0.1, -0.05) is 18.1 Å². The molecule has 4 nitrogen and oxygen atoms in total. The molecule has 0 aromatic rings. The van der Waals surface area contributed by atoms with Crippen molar-refractivity contribution >= 4 is 11.8 Å². The molecule has 1 aliphatic heterocycles. The Hall–Kier alpha value is -1.32. The van der Waals surface area contributed by atoms with Crippen LogP contribution >= 0.6 is 0 Å². The van der Waals surface area contributed by atoms with Crippen molar-refractivity contribution in [1.82, 2.24) is 10.2 Å². The molecule has 23 heavy (non-hydrogen) atoms. The van der Waals surface area contributed by atoms with E-state index in [1.165, 1.54) is 37.7 Å². The van der Waals surface area contributed by atoms with Gasteiger partial charge in [-0.15, -0.1) is 0 Å². The summed E-state index contributed by atoms with van der Waals surface area (Å²) in [5.41, 5.74) is 1.43. The zero-order chi connectivity index (χ0) is 15.8. The molecule has 0 aromatic carbocycles. The number of nitrogens with one attached hydrogen (secondary N) is 1. The first-order valence-electron chi connectivity index (χ1n) is 9.45. The van der Waals surface area contributed by atoms with Crippen LogP contribution in [0.2, 0.25) is 0 Å². The molecule has 0 radical (unpaired) electrons. The topological polar surface area (TPSA) is 49.4 Å². The Bertz CT molecular complexity index is 527. The van der Waals surface area contributed by atoms with Gasteiger partial charge in [-0.25, -0.2) is 0 Å². The summed E-state index contributed by atoms with van der Waals surface area (Å²) in [5, 5.41) is 3.14. The van der Waals surface area contributed by atoms with Crippen molar-refractivity contribution in [3.05, 3.63) is 11.6 Å². The number of piperidine rings is 1. The fourth-order valence-corrected chi connectivity index (χ4v) is 5.28. The molecule has 1 saturated heterocycles. The quantitative estimate of drug-likeness (QED) is 0.643. The second-order valence-electron chi connectivity index (χ2n) is 8.04. The van der Waals surface area contributed by atoms with Crippen molar-refractivity contribution in [2.24, 2.45) is 17.8 Å². The van der Waals surface area contributed by atoms with Gasteiger partial charge in [0.05, 0.1) is 0 Å². The molecule has 4 aliphatic rings. The molecule has 3 fully saturated rings. The van der Waals surface area contributed by atoms with Crippen LogP contribution in [0.25, 0.3) is 0 Å². The molecule has 2 saturated carbocycles. The summed E-state index contributed by atoms with van der Waals surface area (Å²) in [7, 11) is 0. The van der Waals surface area contributed by atoms with Gasteiger partial charge in [-0.3, -0.25) is 9.59 Å². The Morgan fingerprint density at radius 2 is 2.09 bits per heavy atom. The van der Waals surface area contributed by atoms with E-state index in [9.17, 15) is 9.59 Å². The molecular weight excluding hydrogens is 288 g/mol. The highest BCUT2D eigenvalue weighted by atomic mass is 16.2. The minimum atomic E-state index is -0.0627. The van der Waals surface area contributed by atoms with Gasteiger partial charge >= 0.3 is 0 Å². The highest BCUT2D eigenvalue weighted by Crippen LogP contribution is 2.44. The predicted octanol–water partition coefficient (Wildman–Crippen LogP) is 2.64. The van der Waals surface area contributed by atoms with Crippen molar-refractivity contribution in [2.75, 3.05) is 13.1 Å². The third-order valence-electron chi connectivity index (χ3n) is 6.56. The second kappa shape index (κ2) is 6.29. The lowest BCUT2D eigenvalue weighted by molar-refractivity contribution is -0.136. The number of nitrogens with zero attached hydrogens (tertiary/aromatic N) is 1. The normalized spacial score (nSPS) is 35.7. The number of hydrogen-bond acceptors (Lipinski definition) is 2. The van der Waals surface area contributed by atoms with E-state index in [0.29, 0.717) is 17.9 Å². The molecule has 0 aromatic heterocycles. The van der Waals surface area contributed by atoms with Crippen LogP contribution in [0.5, 0.6) is 0 Å². The molecule has 4 atom stereocenters. The van der Waals surface area contributed by atoms with Gasteiger partial charge in [0, 0.05) is 19.1 Å². The number of fused-ring (bicyclic) bond motifs is 3. The lowest BCUT2D eigenvalue weighted by Crippen LogP contribution is -2.44. The predicted molar refractivity (Wildman–Crippen MR) is 88.6 cm³/mol. The highest BCUT2D eigenvalue weighted by molar-refractivity contribution is 5.97. The van der Waals surface area contributed by atoms with E-state index in [-0.39, 0.29) is 18.2 Å². The average Bonchev–Trinajstić information content (AvgIpc) is 3.17. The van der Waals surface area contributed by atoms with Gasteiger partial charge in [0.2, 0.25) is 11.8 Å². The fraction of sp³-hybridized carbons (Fsp3) is 0.789. The minimum Gasteiger partial charge on any atom is -0.353 e. The summed E-state index contributed by atoms with van der Waals surface area (Å²) >= 11 is 0. The molecule has 3 aliphatic carbocycles. The first kappa shape index (κ1) is 15.2. The summed E-state index contributed by atoms with van der Waals surface area (Å²) in [5.74, 6) is 2.12. The average molecular weight is 316 g/mol. The number of carbonyl (C=O) groups is 2. The Balaban J connectivity index is 1.28. The molecular formula is C19H28N2O2. The van der Waals surface area contributed by atoms with Crippen LogP contribution in [0.15, 0.2) is 11.6 Å². The number of amides is 2. The van der Waals surface area contributed by atoms with Crippen LogP contribution in [0.3, 0.4) is 0 Å². The first-order chi connectivity index (χ1) is 11.2. The zero-order valence-electron chi connectivity index (χ0n) is 13.9. The van der Waals surface area contributed by atoms with Crippen molar-refractivity contribution in [3.63, 3.8) is 0 Å². The van der Waals surface area contributed by atoms with Crippen LogP contribution in [0.4, 0.5) is 0 Å². The van der Waals surface area contributed by atoms with Gasteiger partial charge in [-0.2, -0.15) is 0 Å². The number of likely N-dealkylation sites (tertiary alicyclic amines) is 1. The lowest BCUT2D eigenvalue weighted by atomic mass is 9.82. The van der Waals surface area contributed by atoms with Crippen LogP contribution in [-0.4, -0.2) is 35.8 Å². The van der Waals surface area contributed by atoms with Gasteiger partial charge in [0.1, 0.15) is 6.42 Å². The fourth-order valence-electron chi connectivity index (χ4n) is 5.28. The third kappa shape index (κ3) is 3.17. The van der Waals surface area contributed by atoms with E-state index in [0.717, 1.165) is 38.3 Å². The van der Waals surface area contributed by atoms with Crippen molar-refractivity contribution in [3.8, 4) is 0 Å². The number of rotatable bonds is 3. The number of hydrogen-bond donors (Lipinski definition) is 1. The Morgan fingerprint density at radius 3 is 2.87 bits per heavy atom. The largest absolute Gasteiger partial charge is 0.353 e. The molecule has 4 rings (SSSR count). The van der Waals surface area contributed by atoms with E-state index in [1.807, 2.05) is 4.90 Å². The van der Waals surface area contributed by atoms with Crippen molar-refractivity contribution in [1.29, 1.82) is 0 Å². The maximum atomic E-state index is 12.5. The summed E-state index contributed by atoms with van der Waals surface area (Å²) in [6.45, 7) is 1.58. The van der Waals surface area contributed by atoms with E-state index >= 15 is 0 Å². The van der Waals surface area contributed by atoms with E-state index < -0.39 is 0 Å². The van der Waals surface area contributed by atoms with Gasteiger partial charge < -0.3 is 10.2 Å². The molecule has 2 bridgehead atoms. The van der Waals surface area contributed by atoms with Crippen molar-refractivity contribution in [2.45, 2.75) is 63.8 Å². The van der Waals surface area contributed by atoms with Crippen LogP contribution in [0, 0.1) is 17.8 Å². The second-order valence-corrected chi connectivity index (χ2v) is 8.04. The molecule has 1 N–H and O–H groups in total. The molecule has 4 unspecified atom stereocenters. The maximum Gasteiger partial charge on any atom is 0.232 e. The standard InChI is InChI=1S/C19H28N2O2/c22-18(20-17-10-13-5-6-15(17)9-13)11-19(23)21-8-7-14-3-1-2-4-16(14)12-21/h4,13-15,17H,1-3,5-12H2,(H,20,22). The Kier molecular flexibility index (Phi) is 4.16. The van der Waals surface area contributed by atoms with E-state index in [1.54, 1.807) is 0 Å². The Labute approximate surface area is 138 Å². The Morgan fingerprint density at radius 1 is 1.17 bits per heavy atom. The minimum absolute atomic E-state index is 0.00980. The van der Waals surface area contributed by atoms with Gasteiger partial charge in [0.15, 0.2) is 0 Å². The SMILES string of the molecule is O=C(CC(=O)N1CCC2CCCC=C2C1)NC1CC2CCC1C2. The summed E-state index contributed by atoms with van der Waals surface area (Å²) in [6.07, 6.45) is 12.1. The van der Waals surface area contributed by atoms with Gasteiger partial charge in [0.25, 0.3) is 0 Å². The summed E-state index contributed by atoms with van der Waals surface area (Å²) in [6, 6.07) is 0.334. The molecule has 126 valence electrons. The first-order valence-corrected chi connectivity index (χ1v) is 9.45. The van der Waals surface area contributed by atoms with E-state index in [2.05, 4.69) is 11.4 Å². The van der Waals surface area contributed by atoms with E-state index in [4.69, 9.17) is 0 Å².